The maximum absolute atomic E-state index is 14.8. The first kappa shape index (κ1) is 74.5. The average Bonchev–Trinajstić information content (AvgIpc) is 0.752. The molecule has 0 aliphatic heterocycles. The van der Waals surface area contributed by atoms with E-state index < -0.39 is 109 Å². The summed E-state index contributed by atoms with van der Waals surface area (Å²) >= 11 is 0. The molecule has 5 aromatic carbocycles. The molecule has 0 spiro atoms. The molecule has 7 N–H and O–H groups in total. The predicted octanol–water partition coefficient (Wildman–Crippen LogP) is 6.39. The third-order valence-corrected chi connectivity index (χ3v) is 19.3. The molecule has 5 aromatic rings. The predicted molar refractivity (Wildman–Crippen MR) is 358 cm³/mol. The van der Waals surface area contributed by atoms with Crippen LogP contribution in [0.1, 0.15) is 113 Å². The summed E-state index contributed by atoms with van der Waals surface area (Å²) in [4.78, 5) is 98.8. The Morgan fingerprint density at radius 1 is 0.435 bits per heavy atom. The Hall–Kier alpha value is -8.19. The first-order chi connectivity index (χ1) is 43.4. The maximum Gasteiger partial charge on any atom is 0.308 e. The number of benzene rings is 5. The summed E-state index contributed by atoms with van der Waals surface area (Å²) in [5.74, 6) is -1.88. The Morgan fingerprint density at radius 2 is 0.815 bits per heavy atom. The zero-order chi connectivity index (χ0) is 67.5. The lowest BCUT2D eigenvalue weighted by atomic mass is 10.0. The van der Waals surface area contributed by atoms with E-state index in [0.717, 1.165) is 5.56 Å². The lowest BCUT2D eigenvalue weighted by Crippen LogP contribution is -2.63. The van der Waals surface area contributed by atoms with Crippen LogP contribution < -0.4 is 47.4 Å². The van der Waals surface area contributed by atoms with Gasteiger partial charge in [0.05, 0.1) is 51.9 Å². The van der Waals surface area contributed by atoms with Gasteiger partial charge in [0.15, 0.2) is 0 Å². The summed E-state index contributed by atoms with van der Waals surface area (Å²) < 4.78 is 34.5. The van der Waals surface area contributed by atoms with Crippen molar-refractivity contribution < 1.29 is 62.0 Å². The first-order valence-corrected chi connectivity index (χ1v) is 33.3. The number of carbonyl (C=O) groups excluding carboxylic acids is 7. The summed E-state index contributed by atoms with van der Waals surface area (Å²) in [5, 5.41) is 15.8. The highest BCUT2D eigenvalue weighted by Crippen LogP contribution is 2.35. The molecule has 0 unspecified atom stereocenters. The molecule has 0 heterocycles. The Kier molecular flexibility index (Phi) is 28.8. The summed E-state index contributed by atoms with van der Waals surface area (Å²) in [5.41, 5.74) is 9.75. The Morgan fingerprint density at radius 3 is 1.26 bits per heavy atom. The van der Waals surface area contributed by atoms with Crippen LogP contribution in [0.25, 0.3) is 0 Å². The fraction of sp³-hybridized carbons (Fsp3) is 0.458. The second-order valence-corrected chi connectivity index (χ2v) is 30.9. The van der Waals surface area contributed by atoms with Gasteiger partial charge in [0.25, 0.3) is 0 Å². The molecule has 92 heavy (non-hydrogen) atoms. The van der Waals surface area contributed by atoms with E-state index in [2.05, 4.69) is 107 Å². The molecule has 0 fully saturated rings. The highest BCUT2D eigenvalue weighted by Gasteiger charge is 2.47. The zero-order valence-electron chi connectivity index (χ0n) is 55.6. The first-order valence-electron chi connectivity index (χ1n) is 31.3. The minimum Gasteiger partial charge on any atom is -0.488 e. The van der Waals surface area contributed by atoms with Gasteiger partial charge in [-0.15, -0.1) is 5.54 Å². The Labute approximate surface area is 544 Å². The normalized spacial score (nSPS) is 13.5. The van der Waals surface area contributed by atoms with Crippen molar-refractivity contribution in [2.24, 2.45) is 5.73 Å². The number of nitrogens with two attached hydrogens (primary N) is 1. The SMILES string of the molecule is CC(C)(C)OC(=O)C[C@H](NC(=O)[C@H](CC(=O)OC(C)(C)C)NC(=O)[C@H](Cc1ccccc1)NC(=O)[C@H](Cc1ccc(OC(C)(C)C)cc1)NC(=O)[C@@H](N)Cc1ccccc1)C(=O)NCCOCCOCCOCC#C[Si](c1ccccc1)(c1ccccc1)C(C)(C)C. The monoisotopic (exact) mass is 1280 g/mol. The second kappa shape index (κ2) is 35.6. The molecule has 0 radical (unpaired) electrons. The van der Waals surface area contributed by atoms with E-state index >= 15 is 0 Å². The van der Waals surface area contributed by atoms with Gasteiger partial charge < -0.3 is 60.7 Å². The van der Waals surface area contributed by atoms with Crippen LogP contribution in [-0.4, -0.2) is 143 Å². The van der Waals surface area contributed by atoms with Crippen molar-refractivity contribution in [3.05, 3.63) is 162 Å². The molecule has 496 valence electrons. The molecule has 0 bridgehead atoms. The van der Waals surface area contributed by atoms with E-state index in [-0.39, 0.29) is 57.3 Å². The molecule has 5 rings (SSSR count). The molecule has 0 saturated heterocycles. The minimum absolute atomic E-state index is 0.0318. The van der Waals surface area contributed by atoms with E-state index in [9.17, 15) is 33.6 Å². The largest absolute Gasteiger partial charge is 0.488 e. The minimum atomic E-state index is -2.56. The van der Waals surface area contributed by atoms with Gasteiger partial charge in [0.2, 0.25) is 37.6 Å². The molecule has 20 heteroatoms. The summed E-state index contributed by atoms with van der Waals surface area (Å²) in [6, 6.07) is 38.9. The quantitative estimate of drug-likeness (QED) is 0.0118. The molecule has 5 amide bonds. The standard InChI is InChI=1S/C72H96N6O13Si/c1-69(2,3)89-54-36-34-53(35-37-54)48-58(75-64(81)57(73)46-51-26-17-13-18-27-51)66(83)76-59(47-52-28-19-14-20-29-52)67(84)78-61(50-63(80)91-71(7,8)9)68(85)77-60(49-62(79)90-70(4,5)6)65(82)74-38-40-87-42-44-88-43-41-86-39-25-45-92(72(10,11)12,55-30-21-15-22-31-55)56-32-23-16-24-33-56/h13-24,26-37,57-61H,38-44,46-50,73H2,1-12H3,(H,74,82)(H,75,81)(H,76,83)(H,77,85)(H,78,84)/t57-,58-,59-,60-,61-/m0/s1. The highest BCUT2D eigenvalue weighted by atomic mass is 28.3. The van der Waals surface area contributed by atoms with Crippen molar-refractivity contribution >= 4 is 59.9 Å². The number of carbonyl (C=O) groups is 7. The number of amides is 5. The van der Waals surface area contributed by atoms with Gasteiger partial charge in [-0.25, -0.2) is 0 Å². The van der Waals surface area contributed by atoms with Crippen LogP contribution in [0.15, 0.2) is 146 Å². The van der Waals surface area contributed by atoms with Gasteiger partial charge in [-0.2, -0.15) is 0 Å². The van der Waals surface area contributed by atoms with Crippen LogP contribution in [0, 0.1) is 11.5 Å². The number of nitrogens with one attached hydrogen (secondary N) is 5. The topological polar surface area (TPSA) is 261 Å². The van der Waals surface area contributed by atoms with Crippen LogP contribution in [0.2, 0.25) is 5.04 Å². The van der Waals surface area contributed by atoms with E-state index in [1.54, 1.807) is 96.1 Å². The lowest BCUT2D eigenvalue weighted by Gasteiger charge is -2.39. The van der Waals surface area contributed by atoms with Gasteiger partial charge >= 0.3 is 11.9 Å². The number of hydrogen-bond acceptors (Lipinski definition) is 14. The van der Waals surface area contributed by atoms with Crippen molar-refractivity contribution in [1.82, 2.24) is 26.6 Å². The number of esters is 2. The van der Waals surface area contributed by atoms with Crippen LogP contribution in [0.5, 0.6) is 5.75 Å². The van der Waals surface area contributed by atoms with E-state index in [1.807, 2.05) is 63.2 Å². The molecular formula is C72H96N6O13Si. The second-order valence-electron chi connectivity index (χ2n) is 26.5. The summed E-state index contributed by atoms with van der Waals surface area (Å²) in [7, 11) is -2.56. The molecule has 0 aliphatic carbocycles. The van der Waals surface area contributed by atoms with Crippen molar-refractivity contribution in [3.8, 4) is 17.2 Å². The fourth-order valence-corrected chi connectivity index (χ4v) is 14.4. The average molecular weight is 1280 g/mol. The molecular weight excluding hydrogens is 1180 g/mol. The zero-order valence-corrected chi connectivity index (χ0v) is 56.6. The molecule has 0 saturated carbocycles. The smallest absolute Gasteiger partial charge is 0.308 e. The highest BCUT2D eigenvalue weighted by molar-refractivity contribution is 7.10. The van der Waals surface area contributed by atoms with Crippen molar-refractivity contribution in [2.45, 2.75) is 167 Å². The third-order valence-electron chi connectivity index (χ3n) is 14.1. The number of hydrogen-bond donors (Lipinski definition) is 6. The fourth-order valence-electron chi connectivity index (χ4n) is 9.97. The third kappa shape index (κ3) is 26.2. The summed E-state index contributed by atoms with van der Waals surface area (Å²) in [6.45, 7) is 23.6. The van der Waals surface area contributed by atoms with Crippen LogP contribution in [0.4, 0.5) is 0 Å². The van der Waals surface area contributed by atoms with Crippen molar-refractivity contribution in [1.29, 1.82) is 0 Å². The lowest BCUT2D eigenvalue weighted by molar-refractivity contribution is -0.158. The van der Waals surface area contributed by atoms with Gasteiger partial charge in [-0.1, -0.05) is 160 Å². The Bertz CT molecular complexity index is 3170. The number of ether oxygens (including phenoxy) is 6. The van der Waals surface area contributed by atoms with E-state index in [4.69, 9.17) is 34.2 Å². The van der Waals surface area contributed by atoms with Gasteiger partial charge in [-0.3, -0.25) is 33.6 Å². The summed E-state index contributed by atoms with van der Waals surface area (Å²) in [6.07, 6.45) is -1.33. The molecule has 19 nitrogen and oxygen atoms in total. The van der Waals surface area contributed by atoms with Crippen LogP contribution in [0.3, 0.4) is 0 Å². The maximum atomic E-state index is 14.8. The number of rotatable bonds is 32. The van der Waals surface area contributed by atoms with Crippen molar-refractivity contribution in [2.75, 3.05) is 46.2 Å². The van der Waals surface area contributed by atoms with Crippen LogP contribution >= 0.6 is 0 Å². The van der Waals surface area contributed by atoms with Gasteiger partial charge in [0.1, 0.15) is 53.3 Å². The van der Waals surface area contributed by atoms with Gasteiger partial charge in [0, 0.05) is 19.4 Å². The van der Waals surface area contributed by atoms with Crippen molar-refractivity contribution in [3.63, 3.8) is 0 Å². The Balaban J connectivity index is 1.26. The van der Waals surface area contributed by atoms with Crippen LogP contribution in [-0.2, 0) is 76.5 Å². The van der Waals surface area contributed by atoms with E-state index in [0.29, 0.717) is 30.1 Å². The molecule has 0 aliphatic rings. The van der Waals surface area contributed by atoms with Gasteiger partial charge in [-0.05, 0) is 113 Å². The molecule has 5 atom stereocenters. The molecule has 0 aromatic heterocycles. The van der Waals surface area contributed by atoms with E-state index in [1.165, 1.54) is 10.4 Å².